The van der Waals surface area contributed by atoms with E-state index in [1.165, 1.54) is 0 Å². The van der Waals surface area contributed by atoms with Crippen LogP contribution in [0.3, 0.4) is 0 Å². The lowest BCUT2D eigenvalue weighted by molar-refractivity contribution is 0.162. The average molecular weight is 261 g/mol. The first-order chi connectivity index (χ1) is 7.50. The van der Waals surface area contributed by atoms with Gasteiger partial charge in [0.1, 0.15) is 0 Å². The van der Waals surface area contributed by atoms with Crippen LogP contribution in [0.25, 0.3) is 0 Å². The predicted octanol–water partition coefficient (Wildman–Crippen LogP) is 4.85. The Morgan fingerprint density at radius 2 is 1.88 bits per heavy atom. The van der Waals surface area contributed by atoms with Crippen molar-refractivity contribution in [3.63, 3.8) is 0 Å². The zero-order valence-electron chi connectivity index (χ0n) is 9.71. The standard InChI is InChI=1S/C13H18Cl2O/c1-9(2)4-3-5-13(16)11-7-6-10(14)8-12(11)15/h6-9,13,16H,3-5H2,1-2H3. The van der Waals surface area contributed by atoms with Gasteiger partial charge in [0, 0.05) is 10.0 Å². The molecule has 1 atom stereocenters. The third-order valence-electron chi connectivity index (χ3n) is 2.58. The SMILES string of the molecule is CC(C)CCCC(O)c1ccc(Cl)cc1Cl. The van der Waals surface area contributed by atoms with Crippen LogP contribution in [0.15, 0.2) is 18.2 Å². The highest BCUT2D eigenvalue weighted by Crippen LogP contribution is 2.29. The third kappa shape index (κ3) is 4.32. The van der Waals surface area contributed by atoms with Gasteiger partial charge in [-0.3, -0.25) is 0 Å². The van der Waals surface area contributed by atoms with Crippen LogP contribution in [0.4, 0.5) is 0 Å². The highest BCUT2D eigenvalue weighted by Gasteiger charge is 2.11. The average Bonchev–Trinajstić information content (AvgIpc) is 2.16. The first kappa shape index (κ1) is 13.8. The second-order valence-corrected chi connectivity index (χ2v) is 5.35. The molecule has 0 saturated heterocycles. The van der Waals surface area contributed by atoms with E-state index >= 15 is 0 Å². The Balaban J connectivity index is 2.55. The fraction of sp³-hybridized carbons (Fsp3) is 0.538. The van der Waals surface area contributed by atoms with Gasteiger partial charge in [0.05, 0.1) is 6.10 Å². The van der Waals surface area contributed by atoms with E-state index in [1.807, 2.05) is 0 Å². The molecular formula is C13H18Cl2O. The molecule has 0 spiro atoms. The topological polar surface area (TPSA) is 20.2 Å². The van der Waals surface area contributed by atoms with Crippen molar-refractivity contribution < 1.29 is 5.11 Å². The van der Waals surface area contributed by atoms with Crippen LogP contribution in [0, 0.1) is 5.92 Å². The lowest BCUT2D eigenvalue weighted by Crippen LogP contribution is -1.99. The second-order valence-electron chi connectivity index (χ2n) is 4.51. The summed E-state index contributed by atoms with van der Waals surface area (Å²) in [6.45, 7) is 4.36. The molecule has 3 heteroatoms. The Hall–Kier alpha value is -0.240. The Kier molecular flexibility index (Phi) is 5.60. The fourth-order valence-electron chi connectivity index (χ4n) is 1.65. The van der Waals surface area contributed by atoms with Crippen LogP contribution >= 0.6 is 23.2 Å². The van der Waals surface area contributed by atoms with Crippen molar-refractivity contribution in [3.05, 3.63) is 33.8 Å². The van der Waals surface area contributed by atoms with Crippen LogP contribution < -0.4 is 0 Å². The lowest BCUT2D eigenvalue weighted by atomic mass is 10.0. The molecule has 1 aromatic rings. The number of benzene rings is 1. The summed E-state index contributed by atoms with van der Waals surface area (Å²) in [7, 11) is 0. The molecule has 0 aliphatic carbocycles. The molecule has 16 heavy (non-hydrogen) atoms. The molecule has 1 N–H and O–H groups in total. The zero-order valence-corrected chi connectivity index (χ0v) is 11.2. The zero-order chi connectivity index (χ0) is 12.1. The number of halogens is 2. The lowest BCUT2D eigenvalue weighted by Gasteiger charge is -2.13. The molecule has 1 rings (SSSR count). The Bertz CT molecular complexity index is 337. The van der Waals surface area contributed by atoms with E-state index in [2.05, 4.69) is 13.8 Å². The van der Waals surface area contributed by atoms with Gasteiger partial charge in [-0.25, -0.2) is 0 Å². The smallest absolute Gasteiger partial charge is 0.0804 e. The molecule has 1 unspecified atom stereocenters. The van der Waals surface area contributed by atoms with E-state index in [4.69, 9.17) is 23.2 Å². The molecule has 1 aromatic carbocycles. The van der Waals surface area contributed by atoms with Crippen molar-refractivity contribution in [2.75, 3.05) is 0 Å². The monoisotopic (exact) mass is 260 g/mol. The van der Waals surface area contributed by atoms with Crippen LogP contribution in [-0.2, 0) is 0 Å². The number of hydrogen-bond acceptors (Lipinski definition) is 1. The second kappa shape index (κ2) is 6.48. The first-order valence-corrected chi connectivity index (χ1v) is 6.39. The van der Waals surface area contributed by atoms with Crippen LogP contribution in [0.2, 0.25) is 10.0 Å². The molecule has 0 fully saturated rings. The number of aliphatic hydroxyl groups is 1. The summed E-state index contributed by atoms with van der Waals surface area (Å²) >= 11 is 11.8. The van der Waals surface area contributed by atoms with E-state index in [0.717, 1.165) is 24.8 Å². The molecule has 1 nitrogen and oxygen atoms in total. The van der Waals surface area contributed by atoms with Gasteiger partial charge >= 0.3 is 0 Å². The molecular weight excluding hydrogens is 243 g/mol. The predicted molar refractivity (Wildman–Crippen MR) is 70.1 cm³/mol. The largest absolute Gasteiger partial charge is 0.388 e. The first-order valence-electron chi connectivity index (χ1n) is 5.63. The third-order valence-corrected chi connectivity index (χ3v) is 3.14. The maximum absolute atomic E-state index is 9.98. The molecule has 0 radical (unpaired) electrons. The maximum Gasteiger partial charge on any atom is 0.0804 e. The van der Waals surface area contributed by atoms with Crippen molar-refractivity contribution in [2.45, 2.75) is 39.2 Å². The van der Waals surface area contributed by atoms with Crippen molar-refractivity contribution in [1.29, 1.82) is 0 Å². The van der Waals surface area contributed by atoms with E-state index < -0.39 is 6.10 Å². The molecule has 0 aliphatic rings. The summed E-state index contributed by atoms with van der Waals surface area (Å²) in [6.07, 6.45) is 2.41. The van der Waals surface area contributed by atoms with Crippen LogP contribution in [0.1, 0.15) is 44.8 Å². The molecule has 0 amide bonds. The molecule has 0 bridgehead atoms. The van der Waals surface area contributed by atoms with E-state index in [0.29, 0.717) is 16.0 Å². The van der Waals surface area contributed by atoms with Crippen LogP contribution in [-0.4, -0.2) is 5.11 Å². The van der Waals surface area contributed by atoms with E-state index in [1.54, 1.807) is 18.2 Å². The van der Waals surface area contributed by atoms with Gasteiger partial charge < -0.3 is 5.11 Å². The summed E-state index contributed by atoms with van der Waals surface area (Å²) in [4.78, 5) is 0. The minimum Gasteiger partial charge on any atom is -0.388 e. The van der Waals surface area contributed by atoms with Gasteiger partial charge in [-0.05, 0) is 30.0 Å². The molecule has 90 valence electrons. The molecule has 0 aliphatic heterocycles. The summed E-state index contributed by atoms with van der Waals surface area (Å²) in [5.41, 5.74) is 0.773. The summed E-state index contributed by atoms with van der Waals surface area (Å²) in [5, 5.41) is 11.1. The molecule has 0 saturated carbocycles. The van der Waals surface area contributed by atoms with Crippen molar-refractivity contribution >= 4 is 23.2 Å². The van der Waals surface area contributed by atoms with Crippen molar-refractivity contribution in [3.8, 4) is 0 Å². The fourth-order valence-corrected chi connectivity index (χ4v) is 2.18. The highest BCUT2D eigenvalue weighted by atomic mass is 35.5. The van der Waals surface area contributed by atoms with E-state index in [-0.39, 0.29) is 0 Å². The van der Waals surface area contributed by atoms with Crippen LogP contribution in [0.5, 0.6) is 0 Å². The van der Waals surface area contributed by atoms with Gasteiger partial charge in [-0.15, -0.1) is 0 Å². The molecule has 0 aromatic heterocycles. The van der Waals surface area contributed by atoms with Crippen molar-refractivity contribution in [1.82, 2.24) is 0 Å². The van der Waals surface area contributed by atoms with Gasteiger partial charge in [0.15, 0.2) is 0 Å². The molecule has 0 heterocycles. The summed E-state index contributed by atoms with van der Waals surface area (Å²) in [6, 6.07) is 5.23. The Morgan fingerprint density at radius 3 is 2.44 bits per heavy atom. The number of aliphatic hydroxyl groups excluding tert-OH is 1. The highest BCUT2D eigenvalue weighted by molar-refractivity contribution is 6.35. The number of rotatable bonds is 5. The minimum absolute atomic E-state index is 0.483. The quantitative estimate of drug-likeness (QED) is 0.803. The van der Waals surface area contributed by atoms with Gasteiger partial charge in [-0.2, -0.15) is 0 Å². The van der Waals surface area contributed by atoms with Gasteiger partial charge in [0.2, 0.25) is 0 Å². The Labute approximate surface area is 107 Å². The normalized spacial score (nSPS) is 13.1. The maximum atomic E-state index is 9.98. The van der Waals surface area contributed by atoms with Gasteiger partial charge in [0.25, 0.3) is 0 Å². The van der Waals surface area contributed by atoms with Gasteiger partial charge in [-0.1, -0.05) is 56.0 Å². The Morgan fingerprint density at radius 1 is 1.19 bits per heavy atom. The van der Waals surface area contributed by atoms with E-state index in [9.17, 15) is 5.11 Å². The van der Waals surface area contributed by atoms with Crippen molar-refractivity contribution in [2.24, 2.45) is 5.92 Å². The minimum atomic E-state index is -0.483. The summed E-state index contributed by atoms with van der Waals surface area (Å²) < 4.78 is 0. The number of hydrogen-bond donors (Lipinski definition) is 1. The summed E-state index contributed by atoms with van der Waals surface area (Å²) in [5.74, 6) is 0.674.